The van der Waals surface area contributed by atoms with E-state index in [1.54, 1.807) is 24.3 Å². The molecule has 0 unspecified atom stereocenters. The fourth-order valence-electron chi connectivity index (χ4n) is 3.83. The molecule has 1 aliphatic carbocycles. The van der Waals surface area contributed by atoms with Crippen LogP contribution >= 0.6 is 0 Å². The van der Waals surface area contributed by atoms with Gasteiger partial charge in [-0.15, -0.1) is 0 Å². The molecule has 0 N–H and O–H groups in total. The van der Waals surface area contributed by atoms with Crippen LogP contribution in [0.1, 0.15) is 11.3 Å². The van der Waals surface area contributed by atoms with Gasteiger partial charge in [0.15, 0.2) is 0 Å². The molecule has 32 heavy (non-hydrogen) atoms. The van der Waals surface area contributed by atoms with Gasteiger partial charge in [0.2, 0.25) is 0 Å². The molecule has 0 aliphatic heterocycles. The van der Waals surface area contributed by atoms with Gasteiger partial charge in [-0.2, -0.15) is 0 Å². The first-order valence-corrected chi connectivity index (χ1v) is 9.66. The van der Waals surface area contributed by atoms with Crippen molar-refractivity contribution in [2.24, 2.45) is 0 Å². The molecule has 3 aromatic carbocycles. The number of aromatic nitrogens is 2. The topological polar surface area (TPSA) is 53.9 Å². The summed E-state index contributed by atoms with van der Waals surface area (Å²) in [5.41, 5.74) is 4.96. The van der Waals surface area contributed by atoms with Gasteiger partial charge in [0.05, 0.1) is 35.4 Å². The number of hydrogen-bond donors (Lipinski definition) is 0. The second-order valence-corrected chi connectivity index (χ2v) is 7.12. The largest absolute Gasteiger partial charge is 0.271 e. The molecular formula is C26H12F2N4. The normalized spacial score (nSPS) is 13.0. The summed E-state index contributed by atoms with van der Waals surface area (Å²) in [6, 6.07) is 21.0. The third-order valence-corrected chi connectivity index (χ3v) is 5.27. The summed E-state index contributed by atoms with van der Waals surface area (Å²) in [6.45, 7) is 7.46. The fraction of sp³-hybridized carbons (Fsp3) is 0. The summed E-state index contributed by atoms with van der Waals surface area (Å²) in [4.78, 5) is 13.1. The number of allylic oxidation sites excluding steroid dienone is 1. The molecule has 0 bridgehead atoms. The van der Waals surface area contributed by atoms with Gasteiger partial charge in [0, 0.05) is 22.3 Å². The highest BCUT2D eigenvalue weighted by molar-refractivity contribution is 6.02. The molecular weight excluding hydrogens is 406 g/mol. The minimum absolute atomic E-state index is 0.0786. The van der Waals surface area contributed by atoms with Crippen LogP contribution in [-0.2, 0) is 0 Å². The standard InChI is InChI=1S/C26H12F2N4/c1-30-21(14-29)22-19-4-2-3-5-20(19)25-26(22)32-24(16-8-12-18(28)13-9-16)23(31-25)15-6-10-17(27)11-7-15/h2-13H/b22-21+. The van der Waals surface area contributed by atoms with E-state index in [0.717, 1.165) is 5.56 Å². The summed E-state index contributed by atoms with van der Waals surface area (Å²) >= 11 is 0. The number of nitrogens with zero attached hydrogens (tertiary/aromatic N) is 4. The van der Waals surface area contributed by atoms with Crippen LogP contribution in [0.15, 0.2) is 78.5 Å². The van der Waals surface area contributed by atoms with E-state index in [2.05, 4.69) is 4.85 Å². The van der Waals surface area contributed by atoms with Crippen LogP contribution in [0.4, 0.5) is 8.78 Å². The molecule has 4 aromatic rings. The van der Waals surface area contributed by atoms with Crippen LogP contribution in [0.3, 0.4) is 0 Å². The molecule has 1 heterocycles. The van der Waals surface area contributed by atoms with Gasteiger partial charge in [-0.05, 0) is 54.1 Å². The van der Waals surface area contributed by atoms with Crippen molar-refractivity contribution >= 4 is 5.57 Å². The van der Waals surface area contributed by atoms with E-state index in [1.165, 1.54) is 24.3 Å². The maximum Gasteiger partial charge on any atom is 0.271 e. The first-order valence-electron chi connectivity index (χ1n) is 9.66. The molecule has 0 saturated carbocycles. The minimum atomic E-state index is -0.390. The zero-order valence-corrected chi connectivity index (χ0v) is 16.5. The summed E-state index contributed by atoms with van der Waals surface area (Å²) in [5.74, 6) is -0.767. The van der Waals surface area contributed by atoms with Crippen molar-refractivity contribution in [3.05, 3.63) is 113 Å². The van der Waals surface area contributed by atoms with Crippen LogP contribution < -0.4 is 0 Å². The maximum absolute atomic E-state index is 13.6. The lowest BCUT2D eigenvalue weighted by molar-refractivity contribution is 0.627. The Balaban J connectivity index is 1.88. The molecule has 4 nitrogen and oxygen atoms in total. The van der Waals surface area contributed by atoms with Crippen molar-refractivity contribution < 1.29 is 8.78 Å². The molecule has 6 heteroatoms. The molecule has 0 amide bonds. The molecule has 0 saturated heterocycles. The number of fused-ring (bicyclic) bond motifs is 3. The zero-order chi connectivity index (χ0) is 22.2. The lowest BCUT2D eigenvalue weighted by Crippen LogP contribution is -2.00. The Morgan fingerprint density at radius 2 is 1.22 bits per heavy atom. The first-order chi connectivity index (χ1) is 15.6. The quantitative estimate of drug-likeness (QED) is 0.251. The van der Waals surface area contributed by atoms with E-state index in [9.17, 15) is 14.0 Å². The van der Waals surface area contributed by atoms with Crippen LogP contribution in [0, 0.1) is 29.5 Å². The molecule has 0 atom stereocenters. The van der Waals surface area contributed by atoms with E-state index in [4.69, 9.17) is 16.5 Å². The molecule has 1 aromatic heterocycles. The Bertz CT molecular complexity index is 1470. The summed E-state index contributed by atoms with van der Waals surface area (Å²) < 4.78 is 27.1. The van der Waals surface area contributed by atoms with E-state index in [1.807, 2.05) is 30.3 Å². The Hall–Kier alpha value is -4.68. The maximum atomic E-state index is 13.6. The van der Waals surface area contributed by atoms with Gasteiger partial charge >= 0.3 is 0 Å². The number of halogens is 2. The molecule has 1 aliphatic rings. The first kappa shape index (κ1) is 19.3. The summed E-state index contributed by atoms with van der Waals surface area (Å²) in [5, 5.41) is 9.57. The van der Waals surface area contributed by atoms with Gasteiger partial charge in [0.1, 0.15) is 11.6 Å². The van der Waals surface area contributed by atoms with Crippen molar-refractivity contribution in [2.75, 3.05) is 0 Å². The van der Waals surface area contributed by atoms with Gasteiger partial charge in [0.25, 0.3) is 5.70 Å². The third kappa shape index (κ3) is 3.03. The minimum Gasteiger partial charge on any atom is -0.244 e. The van der Waals surface area contributed by atoms with Gasteiger partial charge < -0.3 is 0 Å². The van der Waals surface area contributed by atoms with E-state index < -0.39 is 0 Å². The van der Waals surface area contributed by atoms with Crippen LogP contribution in [-0.4, -0.2) is 9.97 Å². The highest BCUT2D eigenvalue weighted by Gasteiger charge is 2.31. The zero-order valence-electron chi connectivity index (χ0n) is 16.5. The lowest BCUT2D eigenvalue weighted by Gasteiger charge is -2.12. The predicted octanol–water partition coefficient (Wildman–Crippen LogP) is 6.27. The second-order valence-electron chi connectivity index (χ2n) is 7.12. The Labute approximate surface area is 182 Å². The van der Waals surface area contributed by atoms with Crippen LogP contribution in [0.2, 0.25) is 0 Å². The van der Waals surface area contributed by atoms with Gasteiger partial charge in [-0.1, -0.05) is 24.3 Å². The van der Waals surface area contributed by atoms with Crippen molar-refractivity contribution in [3.63, 3.8) is 0 Å². The number of rotatable bonds is 2. The summed E-state index contributed by atoms with van der Waals surface area (Å²) in [6.07, 6.45) is 0. The average molecular weight is 418 g/mol. The smallest absolute Gasteiger partial charge is 0.244 e. The third-order valence-electron chi connectivity index (χ3n) is 5.27. The second kappa shape index (κ2) is 7.54. The van der Waals surface area contributed by atoms with Crippen molar-refractivity contribution in [3.8, 4) is 39.8 Å². The molecule has 150 valence electrons. The highest BCUT2D eigenvalue weighted by atomic mass is 19.1. The van der Waals surface area contributed by atoms with Crippen LogP contribution in [0.25, 0.3) is 44.2 Å². The predicted molar refractivity (Wildman–Crippen MR) is 116 cm³/mol. The van der Waals surface area contributed by atoms with Crippen LogP contribution in [0.5, 0.6) is 0 Å². The Morgan fingerprint density at radius 1 is 0.719 bits per heavy atom. The lowest BCUT2D eigenvalue weighted by atomic mass is 10.0. The van der Waals surface area contributed by atoms with E-state index >= 15 is 0 Å². The fourth-order valence-corrected chi connectivity index (χ4v) is 3.83. The number of nitriles is 1. The molecule has 5 rings (SSSR count). The van der Waals surface area contributed by atoms with Gasteiger partial charge in [-0.25, -0.2) is 28.9 Å². The Morgan fingerprint density at radius 3 is 1.72 bits per heavy atom. The molecule has 0 spiro atoms. The average Bonchev–Trinajstić information content (AvgIpc) is 3.14. The Kier molecular flexibility index (Phi) is 4.54. The highest BCUT2D eigenvalue weighted by Crippen LogP contribution is 2.46. The number of hydrogen-bond acceptors (Lipinski definition) is 3. The number of benzene rings is 3. The van der Waals surface area contributed by atoms with E-state index in [0.29, 0.717) is 45.0 Å². The molecule has 0 fully saturated rings. The van der Waals surface area contributed by atoms with Gasteiger partial charge in [-0.3, -0.25) is 0 Å². The summed E-state index contributed by atoms with van der Waals surface area (Å²) in [7, 11) is 0. The molecule has 0 radical (unpaired) electrons. The monoisotopic (exact) mass is 418 g/mol. The van der Waals surface area contributed by atoms with E-state index in [-0.39, 0.29) is 17.3 Å². The van der Waals surface area contributed by atoms with Crippen molar-refractivity contribution in [2.45, 2.75) is 0 Å². The SMILES string of the molecule is [C-]#[N+]/C(C#N)=C1\c2ccccc2-c2nc(-c3ccc(F)cc3)c(-c3ccc(F)cc3)nc21. The van der Waals surface area contributed by atoms with Crippen molar-refractivity contribution in [1.82, 2.24) is 9.97 Å². The van der Waals surface area contributed by atoms with Crippen molar-refractivity contribution in [1.29, 1.82) is 5.26 Å².